The highest BCUT2D eigenvalue weighted by molar-refractivity contribution is 6.73. The average Bonchev–Trinajstić information content (AvgIpc) is 2.49. The van der Waals surface area contributed by atoms with Crippen molar-refractivity contribution in [1.82, 2.24) is 0 Å². The molecule has 0 aliphatic carbocycles. The minimum Gasteiger partial charge on any atom is -0.420 e. The van der Waals surface area contributed by atoms with E-state index in [1.165, 1.54) is 14.0 Å². The molecule has 0 heterocycles. The first-order chi connectivity index (χ1) is 9.74. The van der Waals surface area contributed by atoms with Gasteiger partial charge in [0.15, 0.2) is 31.6 Å². The summed E-state index contributed by atoms with van der Waals surface area (Å²) in [5.41, 5.74) is -0.748. The van der Waals surface area contributed by atoms with Crippen LogP contribution >= 0.6 is 0 Å². The van der Waals surface area contributed by atoms with E-state index < -0.39 is 48.9 Å². The molecule has 1 atom stereocenters. The minimum atomic E-state index is -2.23. The Morgan fingerprint density at radius 3 is 1.57 bits per heavy atom. The quantitative estimate of drug-likeness (QED) is 0.305. The standard InChI is InChI=1S/C14H19F5OSi/c1-5-21(6-2,20-4)7-8(3)9-10(15)12(17)14(19)13(18)11(9)16/h8H,5-7H2,1-4H3. The Labute approximate surface area is 122 Å². The normalized spacial score (nSPS) is 13.6. The molecule has 0 aromatic heterocycles. The fraction of sp³-hybridized carbons (Fsp3) is 0.571. The Hall–Kier alpha value is -0.953. The van der Waals surface area contributed by atoms with Gasteiger partial charge in [-0.25, -0.2) is 22.0 Å². The molecular weight excluding hydrogens is 307 g/mol. The number of hydrogen-bond donors (Lipinski definition) is 0. The first-order valence-electron chi connectivity index (χ1n) is 6.81. The third kappa shape index (κ3) is 3.29. The molecule has 0 radical (unpaired) electrons. The molecule has 1 aromatic rings. The summed E-state index contributed by atoms with van der Waals surface area (Å²) in [6, 6.07) is 1.72. The van der Waals surface area contributed by atoms with Gasteiger partial charge < -0.3 is 4.43 Å². The highest BCUT2D eigenvalue weighted by Gasteiger charge is 2.36. The SMILES string of the molecule is CC[Si](CC)(CC(C)c1c(F)c(F)c(F)c(F)c1F)OC. The molecule has 0 bridgehead atoms. The molecule has 1 nitrogen and oxygen atoms in total. The van der Waals surface area contributed by atoms with Gasteiger partial charge in [-0.3, -0.25) is 0 Å². The summed E-state index contributed by atoms with van der Waals surface area (Å²) in [7, 11) is -0.697. The number of halogens is 5. The second-order valence-electron chi connectivity index (χ2n) is 5.18. The van der Waals surface area contributed by atoms with E-state index in [1.807, 2.05) is 13.8 Å². The van der Waals surface area contributed by atoms with Gasteiger partial charge in [0.2, 0.25) is 5.82 Å². The van der Waals surface area contributed by atoms with Crippen LogP contribution in [0.1, 0.15) is 32.3 Å². The van der Waals surface area contributed by atoms with Crippen LogP contribution < -0.4 is 0 Å². The fourth-order valence-electron chi connectivity index (χ4n) is 2.63. The Balaban J connectivity index is 3.28. The van der Waals surface area contributed by atoms with Crippen molar-refractivity contribution < 1.29 is 26.4 Å². The first kappa shape index (κ1) is 18.1. The summed E-state index contributed by atoms with van der Waals surface area (Å²) in [5.74, 6) is -10.2. The van der Waals surface area contributed by atoms with Crippen molar-refractivity contribution in [3.8, 4) is 0 Å². The predicted octanol–water partition coefficient (Wildman–Crippen LogP) is 5.12. The lowest BCUT2D eigenvalue weighted by molar-refractivity contribution is 0.361. The molecule has 7 heteroatoms. The van der Waals surface area contributed by atoms with Crippen molar-refractivity contribution in [2.45, 2.75) is 44.8 Å². The van der Waals surface area contributed by atoms with E-state index in [-0.39, 0.29) is 0 Å². The summed E-state index contributed by atoms with van der Waals surface area (Å²) >= 11 is 0. The predicted molar refractivity (Wildman–Crippen MR) is 73.2 cm³/mol. The van der Waals surface area contributed by atoms with Crippen molar-refractivity contribution in [2.24, 2.45) is 0 Å². The Kier molecular flexibility index (Phi) is 5.92. The van der Waals surface area contributed by atoms with E-state index >= 15 is 0 Å². The van der Waals surface area contributed by atoms with Crippen molar-refractivity contribution in [1.29, 1.82) is 0 Å². The number of benzene rings is 1. The van der Waals surface area contributed by atoms with Crippen molar-refractivity contribution in [2.75, 3.05) is 7.11 Å². The lowest BCUT2D eigenvalue weighted by Crippen LogP contribution is -2.37. The topological polar surface area (TPSA) is 9.23 Å². The summed E-state index contributed by atoms with van der Waals surface area (Å²) in [5, 5.41) is 0. The monoisotopic (exact) mass is 326 g/mol. The van der Waals surface area contributed by atoms with Crippen LogP contribution in [-0.4, -0.2) is 15.4 Å². The molecule has 0 saturated heterocycles. The third-order valence-corrected chi connectivity index (χ3v) is 8.94. The molecule has 21 heavy (non-hydrogen) atoms. The first-order valence-corrected chi connectivity index (χ1v) is 9.34. The number of rotatable bonds is 6. The van der Waals surface area contributed by atoms with E-state index in [0.29, 0.717) is 18.1 Å². The number of hydrogen-bond acceptors (Lipinski definition) is 1. The van der Waals surface area contributed by atoms with Gasteiger partial charge >= 0.3 is 0 Å². The van der Waals surface area contributed by atoms with Gasteiger partial charge in [0.25, 0.3) is 0 Å². The van der Waals surface area contributed by atoms with Crippen LogP contribution in [0.25, 0.3) is 0 Å². The molecule has 1 rings (SSSR count). The zero-order valence-electron chi connectivity index (χ0n) is 12.5. The maximum atomic E-state index is 13.8. The Bertz CT molecular complexity index is 479. The molecular formula is C14H19F5OSi. The Morgan fingerprint density at radius 2 is 1.24 bits per heavy atom. The van der Waals surface area contributed by atoms with Crippen LogP contribution in [0.5, 0.6) is 0 Å². The lowest BCUT2D eigenvalue weighted by Gasteiger charge is -2.30. The smallest absolute Gasteiger partial charge is 0.200 e. The fourth-order valence-corrected chi connectivity index (χ4v) is 5.77. The van der Waals surface area contributed by atoms with Crippen LogP contribution in [0.15, 0.2) is 0 Å². The zero-order valence-corrected chi connectivity index (χ0v) is 13.5. The molecule has 0 amide bonds. The summed E-state index contributed by atoms with van der Waals surface area (Å²) in [6.45, 7) is 5.28. The molecule has 0 aliphatic heterocycles. The summed E-state index contributed by atoms with van der Waals surface area (Å²) < 4.78 is 72.7. The molecule has 1 aromatic carbocycles. The maximum absolute atomic E-state index is 13.8. The lowest BCUT2D eigenvalue weighted by atomic mass is 10.0. The van der Waals surface area contributed by atoms with E-state index in [4.69, 9.17) is 4.43 Å². The second kappa shape index (κ2) is 6.87. The van der Waals surface area contributed by atoms with Gasteiger partial charge in [-0.05, 0) is 24.1 Å². The largest absolute Gasteiger partial charge is 0.420 e. The summed E-state index contributed by atoms with van der Waals surface area (Å²) in [4.78, 5) is 0. The van der Waals surface area contributed by atoms with Gasteiger partial charge in [0.1, 0.15) is 0 Å². The van der Waals surface area contributed by atoms with Gasteiger partial charge in [-0.15, -0.1) is 0 Å². The van der Waals surface area contributed by atoms with E-state index in [1.54, 1.807) is 0 Å². The van der Waals surface area contributed by atoms with Crippen LogP contribution in [0.2, 0.25) is 18.1 Å². The van der Waals surface area contributed by atoms with E-state index in [0.717, 1.165) is 0 Å². The van der Waals surface area contributed by atoms with Gasteiger partial charge in [0.05, 0.1) is 0 Å². The summed E-state index contributed by atoms with van der Waals surface area (Å²) in [6.07, 6.45) is 0. The zero-order chi connectivity index (χ0) is 16.4. The molecule has 0 N–H and O–H groups in total. The van der Waals surface area contributed by atoms with E-state index in [9.17, 15) is 22.0 Å². The molecule has 120 valence electrons. The van der Waals surface area contributed by atoms with Crippen LogP contribution in [0.3, 0.4) is 0 Å². The van der Waals surface area contributed by atoms with Crippen molar-refractivity contribution in [3.05, 3.63) is 34.6 Å². The van der Waals surface area contributed by atoms with Crippen molar-refractivity contribution in [3.63, 3.8) is 0 Å². The van der Waals surface area contributed by atoms with Crippen LogP contribution in [0.4, 0.5) is 22.0 Å². The van der Waals surface area contributed by atoms with Gasteiger partial charge in [-0.1, -0.05) is 20.8 Å². The van der Waals surface area contributed by atoms with E-state index in [2.05, 4.69) is 0 Å². The third-order valence-electron chi connectivity index (χ3n) is 4.14. The second-order valence-corrected chi connectivity index (χ2v) is 9.78. The molecule has 1 unspecified atom stereocenters. The molecule has 0 aliphatic rings. The average molecular weight is 326 g/mol. The van der Waals surface area contributed by atoms with Crippen LogP contribution in [-0.2, 0) is 4.43 Å². The molecule has 0 spiro atoms. The highest BCUT2D eigenvalue weighted by atomic mass is 28.4. The van der Waals surface area contributed by atoms with Gasteiger partial charge in [-0.2, -0.15) is 0 Å². The minimum absolute atomic E-state index is 0.300. The highest BCUT2D eigenvalue weighted by Crippen LogP contribution is 2.36. The molecule has 0 saturated carbocycles. The van der Waals surface area contributed by atoms with Gasteiger partial charge in [0, 0.05) is 12.7 Å². The Morgan fingerprint density at radius 1 is 0.857 bits per heavy atom. The molecule has 0 fully saturated rings. The maximum Gasteiger partial charge on any atom is 0.200 e. The van der Waals surface area contributed by atoms with Crippen molar-refractivity contribution >= 4 is 8.32 Å². The van der Waals surface area contributed by atoms with Crippen LogP contribution in [0, 0.1) is 29.1 Å².